The minimum Gasteiger partial charge on any atom is -0.370 e. The average molecular weight is 220 g/mol. The first-order chi connectivity index (χ1) is 7.38. The average Bonchev–Trinajstić information content (AvgIpc) is 2.16. The summed E-state index contributed by atoms with van der Waals surface area (Å²) in [7, 11) is 1.92. The van der Waals surface area contributed by atoms with Gasteiger partial charge in [-0.15, -0.1) is 0 Å². The van der Waals surface area contributed by atoms with Crippen molar-refractivity contribution in [3.8, 4) is 0 Å². The lowest BCUT2D eigenvalue weighted by molar-refractivity contribution is 0.468. The summed E-state index contributed by atoms with van der Waals surface area (Å²) in [5, 5.41) is 0. The zero-order chi connectivity index (χ0) is 12.2. The Labute approximate surface area is 97.2 Å². The molecule has 1 aromatic rings. The van der Waals surface area contributed by atoms with Crippen LogP contribution >= 0.6 is 0 Å². The third-order valence-corrected chi connectivity index (χ3v) is 1.97. The van der Waals surface area contributed by atoms with Crippen LogP contribution in [-0.2, 0) is 6.54 Å². The van der Waals surface area contributed by atoms with Crippen molar-refractivity contribution in [3.63, 3.8) is 0 Å². The van der Waals surface area contributed by atoms with E-state index in [1.165, 1.54) is 0 Å². The summed E-state index contributed by atoms with van der Waals surface area (Å²) in [4.78, 5) is 10.5. The third-order valence-electron chi connectivity index (χ3n) is 1.97. The lowest BCUT2D eigenvalue weighted by atomic mass is 10.1. The van der Waals surface area contributed by atoms with Crippen molar-refractivity contribution in [1.82, 2.24) is 9.88 Å². The summed E-state index contributed by atoms with van der Waals surface area (Å²) in [5.74, 6) is 0.540. The largest absolute Gasteiger partial charge is 0.370 e. The van der Waals surface area contributed by atoms with E-state index in [4.69, 9.17) is 5.73 Å². The van der Waals surface area contributed by atoms with Crippen LogP contribution in [0.1, 0.15) is 26.5 Å². The SMILES string of the molecule is CN(Cc1ccccn1)C(N)=NC(C)(C)C. The third kappa shape index (κ3) is 4.29. The molecule has 1 heterocycles. The number of hydrogen-bond donors (Lipinski definition) is 1. The molecule has 4 heteroatoms. The quantitative estimate of drug-likeness (QED) is 0.608. The lowest BCUT2D eigenvalue weighted by Gasteiger charge is -2.21. The van der Waals surface area contributed by atoms with Crippen molar-refractivity contribution in [1.29, 1.82) is 0 Å². The molecule has 0 aliphatic rings. The van der Waals surface area contributed by atoms with Crippen molar-refractivity contribution >= 4 is 5.96 Å². The Hall–Kier alpha value is -1.58. The van der Waals surface area contributed by atoms with Gasteiger partial charge >= 0.3 is 0 Å². The number of aromatic nitrogens is 1. The van der Waals surface area contributed by atoms with Crippen molar-refractivity contribution < 1.29 is 0 Å². The van der Waals surface area contributed by atoms with E-state index in [1.807, 2.05) is 50.9 Å². The molecule has 0 spiro atoms. The Balaban J connectivity index is 2.66. The molecule has 4 nitrogen and oxygen atoms in total. The number of guanidine groups is 1. The van der Waals surface area contributed by atoms with Gasteiger partial charge in [0.2, 0.25) is 0 Å². The fourth-order valence-corrected chi connectivity index (χ4v) is 1.24. The van der Waals surface area contributed by atoms with Gasteiger partial charge in [0.15, 0.2) is 5.96 Å². The minimum atomic E-state index is -0.150. The Bertz CT molecular complexity index is 351. The molecule has 1 rings (SSSR count). The normalized spacial score (nSPS) is 12.6. The van der Waals surface area contributed by atoms with E-state index in [9.17, 15) is 0 Å². The molecule has 0 saturated heterocycles. The summed E-state index contributed by atoms with van der Waals surface area (Å²) in [6, 6.07) is 5.84. The van der Waals surface area contributed by atoms with E-state index in [-0.39, 0.29) is 5.54 Å². The van der Waals surface area contributed by atoms with E-state index in [2.05, 4.69) is 9.98 Å². The summed E-state index contributed by atoms with van der Waals surface area (Å²) in [6.45, 7) is 6.74. The number of nitrogens with zero attached hydrogens (tertiary/aromatic N) is 3. The van der Waals surface area contributed by atoms with Gasteiger partial charge in [0.05, 0.1) is 17.8 Å². The van der Waals surface area contributed by atoms with E-state index >= 15 is 0 Å². The van der Waals surface area contributed by atoms with Crippen molar-refractivity contribution in [2.24, 2.45) is 10.7 Å². The number of rotatable bonds is 2. The number of aliphatic imine (C=N–C) groups is 1. The van der Waals surface area contributed by atoms with Gasteiger partial charge in [0.1, 0.15) is 0 Å². The van der Waals surface area contributed by atoms with Gasteiger partial charge in [-0.3, -0.25) is 4.98 Å². The molecule has 0 bridgehead atoms. The van der Waals surface area contributed by atoms with E-state index in [1.54, 1.807) is 6.20 Å². The number of pyridine rings is 1. The first kappa shape index (κ1) is 12.5. The first-order valence-electron chi connectivity index (χ1n) is 5.35. The molecular formula is C12H20N4. The lowest BCUT2D eigenvalue weighted by Crippen LogP contribution is -2.36. The summed E-state index contributed by atoms with van der Waals surface area (Å²) >= 11 is 0. The topological polar surface area (TPSA) is 54.5 Å². The van der Waals surface area contributed by atoms with Crippen LogP contribution in [-0.4, -0.2) is 28.4 Å². The maximum atomic E-state index is 5.90. The maximum absolute atomic E-state index is 5.90. The second-order valence-electron chi connectivity index (χ2n) is 4.82. The van der Waals surface area contributed by atoms with E-state index in [0.29, 0.717) is 12.5 Å². The fraction of sp³-hybridized carbons (Fsp3) is 0.500. The van der Waals surface area contributed by atoms with Crippen LogP contribution in [0.3, 0.4) is 0 Å². The number of hydrogen-bond acceptors (Lipinski definition) is 2. The molecule has 1 aromatic heterocycles. The van der Waals surface area contributed by atoms with Crippen LogP contribution in [0.5, 0.6) is 0 Å². The van der Waals surface area contributed by atoms with Gasteiger partial charge in [-0.1, -0.05) is 6.07 Å². The van der Waals surface area contributed by atoms with Gasteiger partial charge in [0, 0.05) is 13.2 Å². The molecule has 0 fully saturated rings. The Morgan fingerprint density at radius 1 is 1.44 bits per heavy atom. The highest BCUT2D eigenvalue weighted by Crippen LogP contribution is 2.07. The monoisotopic (exact) mass is 220 g/mol. The molecular weight excluding hydrogens is 200 g/mol. The molecule has 0 saturated carbocycles. The van der Waals surface area contributed by atoms with Crippen molar-refractivity contribution in [2.75, 3.05) is 7.05 Å². The van der Waals surface area contributed by atoms with Gasteiger partial charge in [-0.2, -0.15) is 0 Å². The predicted molar refractivity (Wildman–Crippen MR) is 67.1 cm³/mol. The molecule has 2 N–H and O–H groups in total. The Morgan fingerprint density at radius 2 is 2.12 bits per heavy atom. The van der Waals surface area contributed by atoms with Gasteiger partial charge in [-0.05, 0) is 32.9 Å². The van der Waals surface area contributed by atoms with Crippen LogP contribution in [0.15, 0.2) is 29.4 Å². The highest BCUT2D eigenvalue weighted by molar-refractivity contribution is 5.78. The van der Waals surface area contributed by atoms with Crippen LogP contribution < -0.4 is 5.73 Å². The summed E-state index contributed by atoms with van der Waals surface area (Å²) in [6.07, 6.45) is 1.78. The Morgan fingerprint density at radius 3 is 2.62 bits per heavy atom. The van der Waals surface area contributed by atoms with Crippen molar-refractivity contribution in [3.05, 3.63) is 30.1 Å². The van der Waals surface area contributed by atoms with Crippen LogP contribution in [0.4, 0.5) is 0 Å². The summed E-state index contributed by atoms with van der Waals surface area (Å²) in [5.41, 5.74) is 6.73. The molecule has 0 radical (unpaired) electrons. The van der Waals surface area contributed by atoms with Crippen LogP contribution in [0, 0.1) is 0 Å². The second-order valence-corrected chi connectivity index (χ2v) is 4.82. The highest BCUT2D eigenvalue weighted by atomic mass is 15.2. The zero-order valence-corrected chi connectivity index (χ0v) is 10.4. The number of nitrogens with two attached hydrogens (primary N) is 1. The molecule has 0 unspecified atom stereocenters. The molecule has 88 valence electrons. The highest BCUT2D eigenvalue weighted by Gasteiger charge is 2.11. The first-order valence-corrected chi connectivity index (χ1v) is 5.35. The van der Waals surface area contributed by atoms with Crippen molar-refractivity contribution in [2.45, 2.75) is 32.9 Å². The molecule has 16 heavy (non-hydrogen) atoms. The maximum Gasteiger partial charge on any atom is 0.191 e. The van der Waals surface area contributed by atoms with E-state index in [0.717, 1.165) is 5.69 Å². The molecule has 0 aromatic carbocycles. The fourth-order valence-electron chi connectivity index (χ4n) is 1.24. The summed E-state index contributed by atoms with van der Waals surface area (Å²) < 4.78 is 0. The second kappa shape index (κ2) is 4.96. The van der Waals surface area contributed by atoms with E-state index < -0.39 is 0 Å². The van der Waals surface area contributed by atoms with Gasteiger partial charge < -0.3 is 10.6 Å². The molecule has 0 aliphatic heterocycles. The molecule has 0 aliphatic carbocycles. The minimum absolute atomic E-state index is 0.150. The van der Waals surface area contributed by atoms with Crippen LogP contribution in [0.25, 0.3) is 0 Å². The molecule has 0 atom stereocenters. The Kier molecular flexibility index (Phi) is 3.88. The zero-order valence-electron chi connectivity index (χ0n) is 10.4. The van der Waals surface area contributed by atoms with Gasteiger partial charge in [-0.25, -0.2) is 4.99 Å². The molecule has 0 amide bonds. The van der Waals surface area contributed by atoms with Crippen LogP contribution in [0.2, 0.25) is 0 Å². The standard InChI is InChI=1S/C12H20N4/c1-12(2,3)15-11(13)16(4)9-10-7-5-6-8-14-10/h5-8H,9H2,1-4H3,(H2,13,15). The predicted octanol–water partition coefficient (Wildman–Crippen LogP) is 1.63. The van der Waals surface area contributed by atoms with Gasteiger partial charge in [0.25, 0.3) is 0 Å². The smallest absolute Gasteiger partial charge is 0.191 e.